The molecule has 1 aromatic carbocycles. The number of aromatic nitrogens is 1. The van der Waals surface area contributed by atoms with Crippen LogP contribution in [0.5, 0.6) is 0 Å². The van der Waals surface area contributed by atoms with Gasteiger partial charge in [-0.25, -0.2) is 13.4 Å². The molecule has 102 valence electrons. The van der Waals surface area contributed by atoms with Crippen molar-refractivity contribution in [1.29, 1.82) is 0 Å². The van der Waals surface area contributed by atoms with Gasteiger partial charge in [0, 0.05) is 11.1 Å². The van der Waals surface area contributed by atoms with Crippen LogP contribution >= 0.6 is 11.3 Å². The van der Waals surface area contributed by atoms with E-state index in [0.717, 1.165) is 11.3 Å². The van der Waals surface area contributed by atoms with E-state index < -0.39 is 10.0 Å². The first kappa shape index (κ1) is 13.8. The van der Waals surface area contributed by atoms with Gasteiger partial charge < -0.3 is 5.73 Å². The Labute approximate surface area is 116 Å². The van der Waals surface area contributed by atoms with Crippen LogP contribution in [0.1, 0.15) is 18.2 Å². The minimum atomic E-state index is -3.65. The van der Waals surface area contributed by atoms with E-state index in [2.05, 4.69) is 9.71 Å². The van der Waals surface area contributed by atoms with E-state index in [0.29, 0.717) is 17.2 Å². The van der Waals surface area contributed by atoms with Crippen molar-refractivity contribution >= 4 is 32.2 Å². The SMILES string of the molecule is CCc1ccc(N)cc1S(=O)(=O)Nc1nc(C)cs1. The lowest BCUT2D eigenvalue weighted by molar-refractivity contribution is 0.600. The molecule has 0 amide bonds. The summed E-state index contributed by atoms with van der Waals surface area (Å²) in [4.78, 5) is 4.31. The number of nitrogen functional groups attached to an aromatic ring is 1. The summed E-state index contributed by atoms with van der Waals surface area (Å²) in [6.45, 7) is 3.71. The lowest BCUT2D eigenvalue weighted by atomic mass is 10.1. The van der Waals surface area contributed by atoms with E-state index in [9.17, 15) is 8.42 Å². The van der Waals surface area contributed by atoms with Crippen LogP contribution in [0.2, 0.25) is 0 Å². The van der Waals surface area contributed by atoms with Gasteiger partial charge in [0.25, 0.3) is 10.0 Å². The molecule has 2 aromatic rings. The fourth-order valence-electron chi connectivity index (χ4n) is 1.68. The third kappa shape index (κ3) is 3.05. The highest BCUT2D eigenvalue weighted by Gasteiger charge is 2.19. The Bertz CT molecular complexity index is 693. The van der Waals surface area contributed by atoms with Crippen LogP contribution in [0, 0.1) is 6.92 Å². The molecular weight excluding hydrogens is 282 g/mol. The molecule has 0 fully saturated rings. The maximum absolute atomic E-state index is 12.3. The summed E-state index contributed by atoms with van der Waals surface area (Å²) in [6, 6.07) is 4.91. The number of anilines is 2. The fourth-order valence-corrected chi connectivity index (χ4v) is 3.97. The quantitative estimate of drug-likeness (QED) is 0.849. The summed E-state index contributed by atoms with van der Waals surface area (Å²) in [7, 11) is -3.65. The van der Waals surface area contributed by atoms with Gasteiger partial charge in [0.2, 0.25) is 0 Å². The number of thiazole rings is 1. The molecule has 0 saturated carbocycles. The van der Waals surface area contributed by atoms with Gasteiger partial charge in [-0.3, -0.25) is 4.72 Å². The lowest BCUT2D eigenvalue weighted by Gasteiger charge is -2.10. The molecule has 2 rings (SSSR count). The van der Waals surface area contributed by atoms with Gasteiger partial charge >= 0.3 is 0 Å². The second-order valence-corrected chi connectivity index (χ2v) is 6.63. The van der Waals surface area contributed by atoms with Gasteiger partial charge in [-0.15, -0.1) is 11.3 Å². The molecule has 1 aromatic heterocycles. The van der Waals surface area contributed by atoms with Crippen molar-refractivity contribution in [1.82, 2.24) is 4.98 Å². The van der Waals surface area contributed by atoms with Crippen molar-refractivity contribution in [3.63, 3.8) is 0 Å². The largest absolute Gasteiger partial charge is 0.399 e. The molecule has 0 saturated heterocycles. The van der Waals surface area contributed by atoms with Gasteiger partial charge in [0.1, 0.15) is 0 Å². The van der Waals surface area contributed by atoms with Crippen LogP contribution in [-0.4, -0.2) is 13.4 Å². The molecular formula is C12H15N3O2S2. The third-order valence-corrected chi connectivity index (χ3v) is 5.03. The lowest BCUT2D eigenvalue weighted by Crippen LogP contribution is -2.15. The Hall–Kier alpha value is -1.60. The molecule has 0 aliphatic rings. The fraction of sp³-hybridized carbons (Fsp3) is 0.250. The van der Waals surface area contributed by atoms with E-state index in [-0.39, 0.29) is 4.90 Å². The number of rotatable bonds is 4. The topological polar surface area (TPSA) is 85.1 Å². The van der Waals surface area contributed by atoms with Crippen LogP contribution in [-0.2, 0) is 16.4 Å². The average molecular weight is 297 g/mol. The van der Waals surface area contributed by atoms with E-state index >= 15 is 0 Å². The molecule has 0 unspecified atom stereocenters. The standard InChI is InChI=1S/C12H15N3O2S2/c1-3-9-4-5-10(13)6-11(9)19(16,17)15-12-14-8(2)7-18-12/h4-7H,3,13H2,1-2H3,(H,14,15). The van der Waals surface area contributed by atoms with Crippen LogP contribution in [0.15, 0.2) is 28.5 Å². The van der Waals surface area contributed by atoms with E-state index in [1.165, 1.54) is 17.4 Å². The average Bonchev–Trinajstić information content (AvgIpc) is 2.74. The molecule has 0 aliphatic carbocycles. The first-order valence-corrected chi connectivity index (χ1v) is 8.12. The van der Waals surface area contributed by atoms with Crippen LogP contribution in [0.4, 0.5) is 10.8 Å². The summed E-state index contributed by atoms with van der Waals surface area (Å²) in [5.41, 5.74) is 7.61. The van der Waals surface area contributed by atoms with Crippen molar-refractivity contribution in [3.8, 4) is 0 Å². The van der Waals surface area contributed by atoms with Gasteiger partial charge in [-0.05, 0) is 31.0 Å². The minimum absolute atomic E-state index is 0.211. The number of hydrogen-bond donors (Lipinski definition) is 2. The molecule has 0 bridgehead atoms. The monoisotopic (exact) mass is 297 g/mol. The highest BCUT2D eigenvalue weighted by molar-refractivity contribution is 7.93. The van der Waals surface area contributed by atoms with Crippen molar-refractivity contribution in [3.05, 3.63) is 34.8 Å². The van der Waals surface area contributed by atoms with Crippen LogP contribution in [0.25, 0.3) is 0 Å². The van der Waals surface area contributed by atoms with E-state index in [1.807, 2.05) is 13.8 Å². The second-order valence-electron chi connectivity index (χ2n) is 4.12. The second kappa shape index (κ2) is 5.18. The predicted octanol–water partition coefficient (Wildman–Crippen LogP) is 2.40. The number of nitrogens with zero attached hydrogens (tertiary/aromatic N) is 1. The summed E-state index contributed by atoms with van der Waals surface area (Å²) < 4.78 is 27.2. The van der Waals surface area contributed by atoms with E-state index in [4.69, 9.17) is 5.73 Å². The van der Waals surface area contributed by atoms with Crippen molar-refractivity contribution < 1.29 is 8.42 Å². The zero-order valence-electron chi connectivity index (χ0n) is 10.7. The van der Waals surface area contributed by atoms with Gasteiger partial charge in [0.15, 0.2) is 5.13 Å². The smallest absolute Gasteiger partial charge is 0.264 e. The molecule has 1 heterocycles. The summed E-state index contributed by atoms with van der Waals surface area (Å²) >= 11 is 1.26. The first-order valence-electron chi connectivity index (χ1n) is 5.75. The number of nitrogens with one attached hydrogen (secondary N) is 1. The Morgan fingerprint density at radius 2 is 2.16 bits per heavy atom. The van der Waals surface area contributed by atoms with Gasteiger partial charge in [-0.1, -0.05) is 13.0 Å². The molecule has 19 heavy (non-hydrogen) atoms. The molecule has 0 radical (unpaired) electrons. The van der Waals surface area contributed by atoms with Crippen molar-refractivity contribution in [2.45, 2.75) is 25.2 Å². The normalized spacial score (nSPS) is 11.5. The summed E-state index contributed by atoms with van der Waals surface area (Å²) in [5, 5.41) is 2.15. The number of benzene rings is 1. The molecule has 5 nitrogen and oxygen atoms in total. The maximum Gasteiger partial charge on any atom is 0.264 e. The number of hydrogen-bond acceptors (Lipinski definition) is 5. The predicted molar refractivity (Wildman–Crippen MR) is 77.9 cm³/mol. The molecule has 0 spiro atoms. The van der Waals surface area contributed by atoms with Crippen molar-refractivity contribution in [2.24, 2.45) is 0 Å². The maximum atomic E-state index is 12.3. The zero-order chi connectivity index (χ0) is 14.0. The van der Waals surface area contributed by atoms with Crippen LogP contribution in [0.3, 0.4) is 0 Å². The highest BCUT2D eigenvalue weighted by atomic mass is 32.2. The minimum Gasteiger partial charge on any atom is -0.399 e. The molecule has 0 atom stereocenters. The molecule has 0 aliphatic heterocycles. The third-order valence-electron chi connectivity index (χ3n) is 2.60. The van der Waals surface area contributed by atoms with E-state index in [1.54, 1.807) is 17.5 Å². The molecule has 7 heteroatoms. The Kier molecular flexibility index (Phi) is 3.77. The molecule has 3 N–H and O–H groups in total. The van der Waals surface area contributed by atoms with Crippen molar-refractivity contribution in [2.75, 3.05) is 10.5 Å². The number of nitrogens with two attached hydrogens (primary N) is 1. The zero-order valence-corrected chi connectivity index (χ0v) is 12.3. The Morgan fingerprint density at radius 3 is 2.74 bits per heavy atom. The summed E-state index contributed by atoms with van der Waals surface area (Å²) in [6.07, 6.45) is 0.618. The van der Waals surface area contributed by atoms with Gasteiger partial charge in [-0.2, -0.15) is 0 Å². The highest BCUT2D eigenvalue weighted by Crippen LogP contribution is 2.24. The van der Waals surface area contributed by atoms with Gasteiger partial charge in [0.05, 0.1) is 10.6 Å². The Morgan fingerprint density at radius 1 is 1.42 bits per heavy atom. The number of sulfonamides is 1. The van der Waals surface area contributed by atoms with Crippen LogP contribution < -0.4 is 10.5 Å². The first-order chi connectivity index (χ1) is 8.92. The number of aryl methyl sites for hydroxylation is 2. The summed E-state index contributed by atoms with van der Waals surface area (Å²) in [5.74, 6) is 0. The Balaban J connectivity index is 2.41.